The van der Waals surface area contributed by atoms with E-state index in [2.05, 4.69) is 22.1 Å². The van der Waals surface area contributed by atoms with Gasteiger partial charge in [0.15, 0.2) is 6.61 Å². The van der Waals surface area contributed by atoms with Gasteiger partial charge in [0.1, 0.15) is 11.4 Å². The summed E-state index contributed by atoms with van der Waals surface area (Å²) in [4.78, 5) is 16.3. The summed E-state index contributed by atoms with van der Waals surface area (Å²) in [7, 11) is 0. The normalized spacial score (nSPS) is 9.85. The standard InChI is InChI=1S/C21H14Cl2N2O2/c22-16-8-10-20(19(23)13-16)27-14-21(26)25-18-6-3-4-15(12-18)7-9-17-5-1-2-11-24-17/h1-6,8,10-13H,14H2,(H,25,26). The molecule has 0 unspecified atom stereocenters. The van der Waals surface area contributed by atoms with Crippen molar-refractivity contribution in [3.63, 3.8) is 0 Å². The molecule has 0 aliphatic rings. The van der Waals surface area contributed by atoms with Gasteiger partial charge in [-0.1, -0.05) is 41.3 Å². The zero-order valence-corrected chi connectivity index (χ0v) is 15.6. The van der Waals surface area contributed by atoms with Gasteiger partial charge in [-0.25, -0.2) is 4.98 Å². The van der Waals surface area contributed by atoms with Gasteiger partial charge in [0.25, 0.3) is 5.91 Å². The average Bonchev–Trinajstić information content (AvgIpc) is 2.67. The Bertz CT molecular complexity index is 1010. The molecule has 0 saturated heterocycles. The monoisotopic (exact) mass is 396 g/mol. The summed E-state index contributed by atoms with van der Waals surface area (Å²) in [6.45, 7) is -0.175. The molecule has 0 aliphatic heterocycles. The Labute approximate surface area is 167 Å². The van der Waals surface area contributed by atoms with Crippen LogP contribution in [-0.4, -0.2) is 17.5 Å². The number of aromatic nitrogens is 1. The van der Waals surface area contributed by atoms with E-state index in [4.69, 9.17) is 27.9 Å². The Morgan fingerprint density at radius 2 is 1.93 bits per heavy atom. The fourth-order valence-corrected chi connectivity index (χ4v) is 2.64. The summed E-state index contributed by atoms with van der Waals surface area (Å²) in [5.74, 6) is 6.08. The fourth-order valence-electron chi connectivity index (χ4n) is 2.18. The van der Waals surface area contributed by atoms with Crippen molar-refractivity contribution < 1.29 is 9.53 Å². The first-order valence-electron chi connectivity index (χ1n) is 8.01. The van der Waals surface area contributed by atoms with E-state index in [0.717, 1.165) is 5.56 Å². The predicted octanol–water partition coefficient (Wildman–Crippen LogP) is 4.81. The van der Waals surface area contributed by atoms with Crippen LogP contribution in [0.25, 0.3) is 0 Å². The lowest BCUT2D eigenvalue weighted by atomic mass is 10.2. The molecule has 4 nitrogen and oxygen atoms in total. The first kappa shape index (κ1) is 18.8. The van der Waals surface area contributed by atoms with Crippen LogP contribution < -0.4 is 10.1 Å². The Balaban J connectivity index is 1.60. The molecule has 0 atom stereocenters. The van der Waals surface area contributed by atoms with Gasteiger partial charge in [0.2, 0.25) is 0 Å². The molecule has 27 heavy (non-hydrogen) atoms. The molecule has 0 aliphatic carbocycles. The summed E-state index contributed by atoms with van der Waals surface area (Å²) in [5, 5.41) is 3.61. The molecule has 0 saturated carbocycles. The summed E-state index contributed by atoms with van der Waals surface area (Å²) < 4.78 is 5.42. The quantitative estimate of drug-likeness (QED) is 0.643. The van der Waals surface area contributed by atoms with Gasteiger partial charge >= 0.3 is 0 Å². The lowest BCUT2D eigenvalue weighted by molar-refractivity contribution is -0.118. The van der Waals surface area contributed by atoms with E-state index in [-0.39, 0.29) is 12.5 Å². The number of anilines is 1. The van der Waals surface area contributed by atoms with Crippen LogP contribution in [0.5, 0.6) is 5.75 Å². The number of hydrogen-bond acceptors (Lipinski definition) is 3. The van der Waals surface area contributed by atoms with Crippen molar-refractivity contribution in [3.8, 4) is 17.6 Å². The van der Waals surface area contributed by atoms with Crippen molar-refractivity contribution >= 4 is 34.8 Å². The number of nitrogens with one attached hydrogen (secondary N) is 1. The van der Waals surface area contributed by atoms with E-state index < -0.39 is 0 Å². The van der Waals surface area contributed by atoms with Gasteiger partial charge in [-0.15, -0.1) is 0 Å². The maximum atomic E-state index is 12.1. The van der Waals surface area contributed by atoms with Crippen LogP contribution in [0.1, 0.15) is 11.3 Å². The minimum Gasteiger partial charge on any atom is -0.482 e. The highest BCUT2D eigenvalue weighted by Crippen LogP contribution is 2.27. The molecule has 1 N–H and O–H groups in total. The fraction of sp³-hybridized carbons (Fsp3) is 0.0476. The highest BCUT2D eigenvalue weighted by Gasteiger charge is 2.07. The van der Waals surface area contributed by atoms with Crippen LogP contribution in [0.3, 0.4) is 0 Å². The Morgan fingerprint density at radius 3 is 2.70 bits per heavy atom. The van der Waals surface area contributed by atoms with Crippen LogP contribution in [0.2, 0.25) is 10.0 Å². The topological polar surface area (TPSA) is 51.2 Å². The third-order valence-electron chi connectivity index (χ3n) is 3.40. The molecule has 1 aromatic heterocycles. The smallest absolute Gasteiger partial charge is 0.262 e. The van der Waals surface area contributed by atoms with Crippen LogP contribution in [-0.2, 0) is 4.79 Å². The second kappa shape index (κ2) is 9.09. The largest absolute Gasteiger partial charge is 0.482 e. The van der Waals surface area contributed by atoms with E-state index in [9.17, 15) is 4.79 Å². The van der Waals surface area contributed by atoms with E-state index in [1.54, 1.807) is 36.5 Å². The molecule has 0 fully saturated rings. The second-order valence-corrected chi connectivity index (χ2v) is 6.30. The highest BCUT2D eigenvalue weighted by atomic mass is 35.5. The zero-order chi connectivity index (χ0) is 19.1. The molecule has 2 aromatic carbocycles. The number of pyridine rings is 1. The number of carbonyl (C=O) groups is 1. The van der Waals surface area contributed by atoms with Gasteiger partial charge < -0.3 is 10.1 Å². The van der Waals surface area contributed by atoms with E-state index in [0.29, 0.717) is 27.2 Å². The van der Waals surface area contributed by atoms with Gasteiger partial charge in [-0.2, -0.15) is 0 Å². The minimum absolute atomic E-state index is 0.175. The number of halogens is 2. The molecule has 1 heterocycles. The number of amides is 1. The third kappa shape index (κ3) is 5.75. The Hall–Kier alpha value is -3.00. The molecule has 0 spiro atoms. The molecule has 1 amide bonds. The number of nitrogens with zero attached hydrogens (tertiary/aromatic N) is 1. The molecule has 3 rings (SSSR count). The summed E-state index contributed by atoms with van der Waals surface area (Å²) >= 11 is 11.9. The van der Waals surface area contributed by atoms with Crippen molar-refractivity contribution in [2.24, 2.45) is 0 Å². The summed E-state index contributed by atoms with van der Waals surface area (Å²) in [6.07, 6.45) is 1.69. The van der Waals surface area contributed by atoms with E-state index >= 15 is 0 Å². The lowest BCUT2D eigenvalue weighted by Crippen LogP contribution is -2.20. The van der Waals surface area contributed by atoms with Gasteiger partial charge in [-0.05, 0) is 54.5 Å². The second-order valence-electron chi connectivity index (χ2n) is 5.46. The van der Waals surface area contributed by atoms with Crippen molar-refractivity contribution in [1.29, 1.82) is 0 Å². The Morgan fingerprint density at radius 1 is 1.04 bits per heavy atom. The van der Waals surface area contributed by atoms with Gasteiger partial charge in [-0.3, -0.25) is 4.79 Å². The summed E-state index contributed by atoms with van der Waals surface area (Å²) in [5.41, 5.74) is 2.07. The first-order valence-corrected chi connectivity index (χ1v) is 8.76. The number of hydrogen-bond donors (Lipinski definition) is 1. The molecule has 134 valence electrons. The lowest BCUT2D eigenvalue weighted by Gasteiger charge is -2.09. The van der Waals surface area contributed by atoms with Crippen molar-refractivity contribution in [3.05, 3.63) is 88.2 Å². The van der Waals surface area contributed by atoms with Crippen molar-refractivity contribution in [2.75, 3.05) is 11.9 Å². The third-order valence-corrected chi connectivity index (χ3v) is 3.93. The van der Waals surface area contributed by atoms with E-state index in [1.165, 1.54) is 0 Å². The highest BCUT2D eigenvalue weighted by molar-refractivity contribution is 6.35. The van der Waals surface area contributed by atoms with Crippen LogP contribution in [0.15, 0.2) is 66.9 Å². The number of ether oxygens (including phenoxy) is 1. The average molecular weight is 397 g/mol. The van der Waals surface area contributed by atoms with Crippen LogP contribution in [0, 0.1) is 11.8 Å². The van der Waals surface area contributed by atoms with Crippen LogP contribution in [0.4, 0.5) is 5.69 Å². The van der Waals surface area contributed by atoms with Gasteiger partial charge in [0.05, 0.1) is 5.02 Å². The molecule has 0 radical (unpaired) electrons. The van der Waals surface area contributed by atoms with Crippen molar-refractivity contribution in [2.45, 2.75) is 0 Å². The number of rotatable bonds is 4. The maximum Gasteiger partial charge on any atom is 0.262 e. The molecule has 0 bridgehead atoms. The zero-order valence-electron chi connectivity index (χ0n) is 14.1. The molecule has 3 aromatic rings. The van der Waals surface area contributed by atoms with E-state index in [1.807, 2.05) is 30.3 Å². The Kier molecular flexibility index (Phi) is 6.32. The molecular formula is C21H14Cl2N2O2. The SMILES string of the molecule is O=C(COc1ccc(Cl)cc1Cl)Nc1cccc(C#Cc2ccccn2)c1. The maximum absolute atomic E-state index is 12.1. The first-order chi connectivity index (χ1) is 13.1. The van der Waals surface area contributed by atoms with Crippen molar-refractivity contribution in [1.82, 2.24) is 4.98 Å². The minimum atomic E-state index is -0.309. The molecule has 6 heteroatoms. The van der Waals surface area contributed by atoms with Gasteiger partial charge in [0, 0.05) is 22.5 Å². The molecular weight excluding hydrogens is 383 g/mol. The number of carbonyl (C=O) groups excluding carboxylic acids is 1. The number of benzene rings is 2. The summed E-state index contributed by atoms with van der Waals surface area (Å²) in [6, 6.07) is 17.6. The van der Waals surface area contributed by atoms with Crippen LogP contribution >= 0.6 is 23.2 Å². The predicted molar refractivity (Wildman–Crippen MR) is 107 cm³/mol.